The molecule has 1 unspecified atom stereocenters. The molecule has 0 aliphatic carbocycles. The first-order chi connectivity index (χ1) is 10.4. The highest BCUT2D eigenvalue weighted by molar-refractivity contribution is 5.38. The predicted molar refractivity (Wildman–Crippen MR) is 82.7 cm³/mol. The van der Waals surface area contributed by atoms with Crippen molar-refractivity contribution in [3.8, 4) is 11.4 Å². The highest BCUT2D eigenvalue weighted by atomic mass is 16.5. The maximum absolute atomic E-state index is 9.52. The molecule has 1 N–H and O–H groups in total. The highest BCUT2D eigenvalue weighted by Crippen LogP contribution is 2.23. The van der Waals surface area contributed by atoms with Crippen molar-refractivity contribution in [3.63, 3.8) is 0 Å². The zero-order valence-electron chi connectivity index (χ0n) is 11.6. The van der Waals surface area contributed by atoms with Gasteiger partial charge in [-0.3, -0.25) is 0 Å². The number of hydrogen-bond donors (Lipinski definition) is 1. The molecule has 1 aromatic heterocycles. The third-order valence-corrected chi connectivity index (χ3v) is 3.35. The molecule has 106 valence electrons. The Morgan fingerprint density at radius 2 is 1.52 bits per heavy atom. The van der Waals surface area contributed by atoms with Crippen LogP contribution in [0.4, 0.5) is 0 Å². The van der Waals surface area contributed by atoms with Crippen molar-refractivity contribution in [3.05, 3.63) is 84.7 Å². The Kier molecular flexibility index (Phi) is 4.03. The van der Waals surface area contributed by atoms with E-state index in [1.54, 1.807) is 0 Å². The first-order valence-electron chi connectivity index (χ1n) is 6.93. The van der Waals surface area contributed by atoms with Crippen LogP contribution in [-0.2, 0) is 0 Å². The molecular formula is C18H17NO2. The second-order valence-electron chi connectivity index (χ2n) is 4.78. The van der Waals surface area contributed by atoms with Crippen LogP contribution in [0.15, 0.2) is 79.1 Å². The van der Waals surface area contributed by atoms with Gasteiger partial charge in [0.25, 0.3) is 0 Å². The lowest BCUT2D eigenvalue weighted by atomic mass is 10.1. The number of hydrogen-bond acceptors (Lipinski definition) is 2. The number of ether oxygens (including phenoxy) is 1. The van der Waals surface area contributed by atoms with E-state index in [1.807, 2.05) is 83.7 Å². The number of rotatable bonds is 5. The van der Waals surface area contributed by atoms with Gasteiger partial charge in [0.05, 0.1) is 6.61 Å². The zero-order chi connectivity index (χ0) is 14.5. The molecule has 0 amide bonds. The average molecular weight is 279 g/mol. The summed E-state index contributed by atoms with van der Waals surface area (Å²) in [5.41, 5.74) is 2.04. The molecule has 0 radical (unpaired) electrons. The molecule has 1 heterocycles. The topological polar surface area (TPSA) is 34.4 Å². The first-order valence-corrected chi connectivity index (χ1v) is 6.93. The number of nitrogens with zero attached hydrogens (tertiary/aromatic N) is 1. The Morgan fingerprint density at radius 3 is 2.14 bits per heavy atom. The molecule has 0 saturated carbocycles. The Balaban J connectivity index is 1.75. The van der Waals surface area contributed by atoms with Crippen molar-refractivity contribution in [1.29, 1.82) is 0 Å². The minimum absolute atomic E-state index is 0.0522. The van der Waals surface area contributed by atoms with E-state index in [1.165, 1.54) is 0 Å². The molecule has 3 rings (SSSR count). The van der Waals surface area contributed by atoms with Gasteiger partial charge in [-0.1, -0.05) is 30.3 Å². The van der Waals surface area contributed by atoms with Crippen molar-refractivity contribution in [2.45, 2.75) is 6.10 Å². The molecular weight excluding hydrogens is 262 g/mol. The van der Waals surface area contributed by atoms with Gasteiger partial charge in [-0.05, 0) is 42.0 Å². The lowest BCUT2D eigenvalue weighted by Gasteiger charge is -2.17. The number of aromatic nitrogens is 1. The van der Waals surface area contributed by atoms with Gasteiger partial charge < -0.3 is 14.4 Å². The molecule has 3 heteroatoms. The molecule has 0 spiro atoms. The zero-order valence-corrected chi connectivity index (χ0v) is 11.6. The van der Waals surface area contributed by atoms with Crippen LogP contribution in [0.25, 0.3) is 5.69 Å². The van der Waals surface area contributed by atoms with Crippen LogP contribution in [0.1, 0.15) is 11.7 Å². The van der Waals surface area contributed by atoms with Crippen molar-refractivity contribution >= 4 is 0 Å². The molecule has 0 aliphatic rings. The van der Waals surface area contributed by atoms with E-state index in [4.69, 9.17) is 4.74 Å². The van der Waals surface area contributed by atoms with Crippen LogP contribution >= 0.6 is 0 Å². The van der Waals surface area contributed by atoms with Crippen LogP contribution < -0.4 is 4.74 Å². The Hall–Kier alpha value is -2.52. The van der Waals surface area contributed by atoms with Gasteiger partial charge in [-0.15, -0.1) is 0 Å². The maximum atomic E-state index is 9.52. The van der Waals surface area contributed by atoms with Crippen LogP contribution in [0.2, 0.25) is 0 Å². The maximum Gasteiger partial charge on any atom is 0.147 e. The quantitative estimate of drug-likeness (QED) is 0.774. The van der Waals surface area contributed by atoms with E-state index in [0.717, 1.165) is 17.0 Å². The Labute approximate surface area is 124 Å². The van der Waals surface area contributed by atoms with E-state index in [0.29, 0.717) is 0 Å². The van der Waals surface area contributed by atoms with Crippen molar-refractivity contribution in [2.75, 3.05) is 6.61 Å². The summed E-state index contributed by atoms with van der Waals surface area (Å²) in [6.45, 7) is -0.0522. The third-order valence-electron chi connectivity index (χ3n) is 3.35. The molecule has 0 aliphatic heterocycles. The van der Waals surface area contributed by atoms with Gasteiger partial charge in [0, 0.05) is 18.1 Å². The standard InChI is InChI=1S/C18H17NO2/c20-14-18(15-6-2-1-3-7-15)21-17-10-8-16(9-11-17)19-12-4-5-13-19/h1-13,18,20H,14H2. The summed E-state index contributed by atoms with van der Waals surface area (Å²) >= 11 is 0. The summed E-state index contributed by atoms with van der Waals surface area (Å²) in [5.74, 6) is 0.744. The van der Waals surface area contributed by atoms with Crippen molar-refractivity contribution in [1.82, 2.24) is 4.57 Å². The Bertz CT molecular complexity index is 660. The van der Waals surface area contributed by atoms with Gasteiger partial charge in [0.1, 0.15) is 11.9 Å². The van der Waals surface area contributed by atoms with Crippen molar-refractivity contribution in [2.24, 2.45) is 0 Å². The number of aliphatic hydroxyl groups is 1. The summed E-state index contributed by atoms with van der Waals surface area (Å²) in [6, 6.07) is 21.5. The average Bonchev–Trinajstić information content (AvgIpc) is 3.08. The van der Waals surface area contributed by atoms with E-state index >= 15 is 0 Å². The van der Waals surface area contributed by atoms with Crippen LogP contribution in [0, 0.1) is 0 Å². The number of aliphatic hydroxyl groups excluding tert-OH is 1. The van der Waals surface area contributed by atoms with E-state index in [-0.39, 0.29) is 12.7 Å². The van der Waals surface area contributed by atoms with Gasteiger partial charge in [0.2, 0.25) is 0 Å². The summed E-state index contributed by atoms with van der Waals surface area (Å²) in [7, 11) is 0. The van der Waals surface area contributed by atoms with Crippen LogP contribution in [0.3, 0.4) is 0 Å². The number of benzene rings is 2. The first kappa shape index (κ1) is 13.5. The van der Waals surface area contributed by atoms with Crippen LogP contribution in [0.5, 0.6) is 5.75 Å². The Morgan fingerprint density at radius 1 is 0.857 bits per heavy atom. The molecule has 0 bridgehead atoms. The normalized spacial score (nSPS) is 12.0. The largest absolute Gasteiger partial charge is 0.483 e. The minimum Gasteiger partial charge on any atom is -0.483 e. The predicted octanol–water partition coefficient (Wildman–Crippen LogP) is 3.59. The lowest BCUT2D eigenvalue weighted by Crippen LogP contribution is -2.11. The van der Waals surface area contributed by atoms with Crippen LogP contribution in [-0.4, -0.2) is 16.3 Å². The fourth-order valence-electron chi connectivity index (χ4n) is 2.25. The van der Waals surface area contributed by atoms with Gasteiger partial charge in [-0.25, -0.2) is 0 Å². The summed E-state index contributed by atoms with van der Waals surface area (Å²) in [6.07, 6.45) is 3.65. The van der Waals surface area contributed by atoms with E-state index < -0.39 is 0 Å². The third kappa shape index (κ3) is 3.15. The smallest absolute Gasteiger partial charge is 0.147 e. The second-order valence-corrected chi connectivity index (χ2v) is 4.78. The van der Waals surface area contributed by atoms with E-state index in [9.17, 15) is 5.11 Å². The molecule has 3 nitrogen and oxygen atoms in total. The van der Waals surface area contributed by atoms with Gasteiger partial charge in [-0.2, -0.15) is 0 Å². The summed E-state index contributed by atoms with van der Waals surface area (Å²) < 4.78 is 7.90. The highest BCUT2D eigenvalue weighted by Gasteiger charge is 2.11. The summed E-state index contributed by atoms with van der Waals surface area (Å²) in [4.78, 5) is 0. The fourth-order valence-corrected chi connectivity index (χ4v) is 2.25. The molecule has 0 fully saturated rings. The molecule has 1 atom stereocenters. The lowest BCUT2D eigenvalue weighted by molar-refractivity contribution is 0.116. The molecule has 3 aromatic rings. The SMILES string of the molecule is OCC(Oc1ccc(-n2cccc2)cc1)c1ccccc1. The van der Waals surface area contributed by atoms with Gasteiger partial charge >= 0.3 is 0 Å². The van der Waals surface area contributed by atoms with E-state index in [2.05, 4.69) is 0 Å². The molecule has 21 heavy (non-hydrogen) atoms. The monoisotopic (exact) mass is 279 g/mol. The fraction of sp³-hybridized carbons (Fsp3) is 0.111. The van der Waals surface area contributed by atoms with Crippen molar-refractivity contribution < 1.29 is 9.84 Å². The molecule has 0 saturated heterocycles. The van der Waals surface area contributed by atoms with Gasteiger partial charge in [0.15, 0.2) is 0 Å². The minimum atomic E-state index is -0.344. The molecule has 2 aromatic carbocycles. The summed E-state index contributed by atoms with van der Waals surface area (Å²) in [5, 5.41) is 9.52. The second kappa shape index (κ2) is 6.29.